The highest BCUT2D eigenvalue weighted by Gasteiger charge is 2.15. The molecule has 0 aliphatic carbocycles. The van der Waals surface area contributed by atoms with E-state index in [1.54, 1.807) is 22.8 Å². The first-order valence-electron chi connectivity index (χ1n) is 8.05. The van der Waals surface area contributed by atoms with Crippen molar-refractivity contribution in [2.75, 3.05) is 20.3 Å². The van der Waals surface area contributed by atoms with E-state index in [2.05, 4.69) is 10.3 Å². The lowest BCUT2D eigenvalue weighted by molar-refractivity contribution is -0.128. The van der Waals surface area contributed by atoms with Gasteiger partial charge in [0.15, 0.2) is 0 Å². The first-order valence-corrected chi connectivity index (χ1v) is 8.05. The zero-order valence-corrected chi connectivity index (χ0v) is 14.4. The fourth-order valence-electron chi connectivity index (χ4n) is 2.51. The first-order chi connectivity index (χ1) is 11.6. The van der Waals surface area contributed by atoms with Crippen LogP contribution in [0.1, 0.15) is 25.1 Å². The summed E-state index contributed by atoms with van der Waals surface area (Å²) in [4.78, 5) is 14.0. The fourth-order valence-corrected chi connectivity index (χ4v) is 2.51. The van der Waals surface area contributed by atoms with Gasteiger partial charge in [0.2, 0.25) is 5.91 Å². The van der Waals surface area contributed by atoms with Crippen LogP contribution in [-0.4, -0.2) is 52.1 Å². The summed E-state index contributed by atoms with van der Waals surface area (Å²) in [6.07, 6.45) is 5.05. The standard InChI is InChI=1S/C18H24N4O2/c1-4-22(15(2)14-24-3)18(23)11-10-17-13-21(20-19-17)12-16-8-6-5-7-9-16/h5-11,13,15H,4,12,14H2,1-3H3. The number of methoxy groups -OCH3 is 1. The number of nitrogens with zero attached hydrogens (tertiary/aromatic N) is 4. The summed E-state index contributed by atoms with van der Waals surface area (Å²) in [6, 6.07) is 10.1. The number of ether oxygens (including phenoxy) is 1. The molecule has 0 saturated carbocycles. The Kier molecular flexibility index (Phi) is 6.69. The maximum absolute atomic E-state index is 12.3. The average Bonchev–Trinajstić information content (AvgIpc) is 3.02. The second kappa shape index (κ2) is 8.98. The highest BCUT2D eigenvalue weighted by Crippen LogP contribution is 2.05. The van der Waals surface area contributed by atoms with Crippen LogP contribution >= 0.6 is 0 Å². The van der Waals surface area contributed by atoms with E-state index in [9.17, 15) is 4.79 Å². The van der Waals surface area contributed by atoms with Gasteiger partial charge in [-0.15, -0.1) is 5.10 Å². The molecule has 24 heavy (non-hydrogen) atoms. The summed E-state index contributed by atoms with van der Waals surface area (Å²) >= 11 is 0. The number of amides is 1. The number of rotatable bonds is 8. The smallest absolute Gasteiger partial charge is 0.246 e. The molecule has 128 valence electrons. The summed E-state index contributed by atoms with van der Waals surface area (Å²) in [7, 11) is 1.63. The predicted molar refractivity (Wildman–Crippen MR) is 93.3 cm³/mol. The van der Waals surface area contributed by atoms with E-state index >= 15 is 0 Å². The number of hydrogen-bond donors (Lipinski definition) is 0. The largest absolute Gasteiger partial charge is 0.383 e. The van der Waals surface area contributed by atoms with Crippen LogP contribution in [0.4, 0.5) is 0 Å². The van der Waals surface area contributed by atoms with Crippen molar-refractivity contribution in [3.8, 4) is 0 Å². The normalized spacial score (nSPS) is 12.5. The van der Waals surface area contributed by atoms with Crippen LogP contribution in [0.2, 0.25) is 0 Å². The predicted octanol–water partition coefficient (Wildman–Crippen LogP) is 2.22. The van der Waals surface area contributed by atoms with Crippen LogP contribution in [0.5, 0.6) is 0 Å². The molecule has 0 saturated heterocycles. The molecule has 1 heterocycles. The molecule has 0 bridgehead atoms. The SMILES string of the molecule is CCN(C(=O)C=Cc1cn(Cc2ccccc2)nn1)C(C)COC. The van der Waals surface area contributed by atoms with E-state index < -0.39 is 0 Å². The van der Waals surface area contributed by atoms with Gasteiger partial charge in [0, 0.05) is 19.7 Å². The maximum Gasteiger partial charge on any atom is 0.246 e. The van der Waals surface area contributed by atoms with Crippen molar-refractivity contribution in [1.82, 2.24) is 19.9 Å². The average molecular weight is 328 g/mol. The lowest BCUT2D eigenvalue weighted by atomic mass is 10.2. The van der Waals surface area contributed by atoms with Crippen molar-refractivity contribution in [3.05, 3.63) is 53.9 Å². The molecule has 0 N–H and O–H groups in total. The van der Waals surface area contributed by atoms with Crippen LogP contribution in [0.25, 0.3) is 6.08 Å². The van der Waals surface area contributed by atoms with Crippen LogP contribution in [0.3, 0.4) is 0 Å². The van der Waals surface area contributed by atoms with Crippen LogP contribution < -0.4 is 0 Å². The Morgan fingerprint density at radius 2 is 2.12 bits per heavy atom. The Labute approximate surface area is 142 Å². The summed E-state index contributed by atoms with van der Waals surface area (Å²) in [5, 5.41) is 8.17. The van der Waals surface area contributed by atoms with Crippen LogP contribution in [0.15, 0.2) is 42.6 Å². The second-order valence-corrected chi connectivity index (χ2v) is 5.59. The molecule has 0 aliphatic rings. The van der Waals surface area contributed by atoms with Crippen molar-refractivity contribution in [3.63, 3.8) is 0 Å². The molecule has 2 rings (SSSR count). The Balaban J connectivity index is 1.97. The summed E-state index contributed by atoms with van der Waals surface area (Å²) in [5.74, 6) is -0.0559. The molecule has 1 atom stereocenters. The molecule has 1 aromatic heterocycles. The molecule has 0 spiro atoms. The quantitative estimate of drug-likeness (QED) is 0.697. The van der Waals surface area contributed by atoms with Gasteiger partial charge < -0.3 is 9.64 Å². The van der Waals surface area contributed by atoms with Crippen LogP contribution in [-0.2, 0) is 16.1 Å². The van der Waals surface area contributed by atoms with E-state index in [1.165, 1.54) is 6.08 Å². The minimum absolute atomic E-state index is 0.0333. The Morgan fingerprint density at radius 3 is 2.79 bits per heavy atom. The van der Waals surface area contributed by atoms with E-state index in [1.807, 2.05) is 50.4 Å². The molecule has 0 aliphatic heterocycles. The third-order valence-electron chi connectivity index (χ3n) is 3.70. The monoisotopic (exact) mass is 328 g/mol. The third-order valence-corrected chi connectivity index (χ3v) is 3.70. The first kappa shape index (κ1) is 17.9. The lowest BCUT2D eigenvalue weighted by Crippen LogP contribution is -2.39. The molecule has 6 heteroatoms. The zero-order chi connectivity index (χ0) is 17.4. The number of carbonyl (C=O) groups is 1. The maximum atomic E-state index is 12.3. The van der Waals surface area contributed by atoms with Gasteiger partial charge >= 0.3 is 0 Å². The number of benzene rings is 1. The molecular weight excluding hydrogens is 304 g/mol. The van der Waals surface area contributed by atoms with E-state index in [0.29, 0.717) is 25.4 Å². The van der Waals surface area contributed by atoms with Crippen molar-refractivity contribution < 1.29 is 9.53 Å². The van der Waals surface area contributed by atoms with E-state index in [0.717, 1.165) is 5.56 Å². The second-order valence-electron chi connectivity index (χ2n) is 5.59. The summed E-state index contributed by atoms with van der Waals surface area (Å²) in [6.45, 7) is 5.72. The highest BCUT2D eigenvalue weighted by molar-refractivity contribution is 5.91. The molecule has 1 unspecified atom stereocenters. The van der Waals surface area contributed by atoms with Crippen LogP contribution in [0, 0.1) is 0 Å². The van der Waals surface area contributed by atoms with Gasteiger partial charge in [-0.2, -0.15) is 0 Å². The minimum atomic E-state index is -0.0559. The lowest BCUT2D eigenvalue weighted by Gasteiger charge is -2.26. The summed E-state index contributed by atoms with van der Waals surface area (Å²) < 4.78 is 6.87. The number of aromatic nitrogens is 3. The Hall–Kier alpha value is -2.47. The van der Waals surface area contributed by atoms with Gasteiger partial charge in [-0.05, 0) is 25.5 Å². The van der Waals surface area contributed by atoms with Gasteiger partial charge in [0.25, 0.3) is 0 Å². The fraction of sp³-hybridized carbons (Fsp3) is 0.389. The van der Waals surface area contributed by atoms with Crippen molar-refractivity contribution in [2.45, 2.75) is 26.4 Å². The zero-order valence-electron chi connectivity index (χ0n) is 14.4. The van der Waals surface area contributed by atoms with Gasteiger partial charge in [0.05, 0.1) is 25.4 Å². The highest BCUT2D eigenvalue weighted by atomic mass is 16.5. The number of carbonyl (C=O) groups excluding carboxylic acids is 1. The molecule has 0 radical (unpaired) electrons. The number of likely N-dealkylation sites (N-methyl/N-ethyl adjacent to an activating group) is 1. The molecule has 1 aromatic carbocycles. The third kappa shape index (κ3) is 5.03. The Morgan fingerprint density at radius 1 is 1.38 bits per heavy atom. The van der Waals surface area contributed by atoms with Crippen molar-refractivity contribution in [2.24, 2.45) is 0 Å². The topological polar surface area (TPSA) is 60.2 Å². The van der Waals surface area contributed by atoms with Gasteiger partial charge in [-0.3, -0.25) is 4.79 Å². The molecule has 2 aromatic rings. The van der Waals surface area contributed by atoms with Gasteiger partial charge in [0.1, 0.15) is 5.69 Å². The van der Waals surface area contributed by atoms with Crippen molar-refractivity contribution >= 4 is 12.0 Å². The van der Waals surface area contributed by atoms with E-state index in [-0.39, 0.29) is 11.9 Å². The molecular formula is C18H24N4O2. The van der Waals surface area contributed by atoms with Gasteiger partial charge in [-0.1, -0.05) is 35.5 Å². The number of hydrogen-bond acceptors (Lipinski definition) is 4. The summed E-state index contributed by atoms with van der Waals surface area (Å²) in [5.41, 5.74) is 1.81. The van der Waals surface area contributed by atoms with Gasteiger partial charge in [-0.25, -0.2) is 4.68 Å². The minimum Gasteiger partial charge on any atom is -0.383 e. The molecule has 1 amide bonds. The molecule has 6 nitrogen and oxygen atoms in total. The molecule has 0 fully saturated rings. The Bertz CT molecular complexity index is 667. The van der Waals surface area contributed by atoms with Crippen molar-refractivity contribution in [1.29, 1.82) is 0 Å². The van der Waals surface area contributed by atoms with E-state index in [4.69, 9.17) is 4.74 Å².